The quantitative estimate of drug-likeness (QED) is 0.852. The number of hydrogen-bond acceptors (Lipinski definition) is 6. The van der Waals surface area contributed by atoms with E-state index in [0.717, 1.165) is 24.5 Å². The Bertz CT molecular complexity index is 564. The molecule has 0 spiro atoms. The monoisotopic (exact) mass is 277 g/mol. The fraction of sp³-hybridized carbons (Fsp3) is 0.571. The zero-order valence-electron chi connectivity index (χ0n) is 11.8. The Labute approximate surface area is 117 Å². The summed E-state index contributed by atoms with van der Waals surface area (Å²) >= 11 is 0. The lowest BCUT2D eigenvalue weighted by Gasteiger charge is -2.33. The molecule has 2 aromatic rings. The van der Waals surface area contributed by atoms with Gasteiger partial charge in [0.05, 0.1) is 25.8 Å². The fourth-order valence-electron chi connectivity index (χ4n) is 2.43. The van der Waals surface area contributed by atoms with Crippen LogP contribution >= 0.6 is 0 Å². The highest BCUT2D eigenvalue weighted by atomic mass is 16.5. The van der Waals surface area contributed by atoms with Gasteiger partial charge >= 0.3 is 0 Å². The highest BCUT2D eigenvalue weighted by Gasteiger charge is 2.28. The lowest BCUT2D eigenvalue weighted by molar-refractivity contribution is -0.0240. The summed E-state index contributed by atoms with van der Waals surface area (Å²) in [5, 5.41) is 7.93. The third-order valence-corrected chi connectivity index (χ3v) is 3.50. The molecule has 0 amide bonds. The van der Waals surface area contributed by atoms with Crippen molar-refractivity contribution in [3.05, 3.63) is 35.4 Å². The number of ether oxygens (including phenoxy) is 1. The molecule has 0 aliphatic carbocycles. The molecule has 1 fully saturated rings. The van der Waals surface area contributed by atoms with Crippen molar-refractivity contribution in [2.75, 3.05) is 19.8 Å². The first-order chi connectivity index (χ1) is 9.76. The van der Waals surface area contributed by atoms with Crippen LogP contribution in [0.25, 0.3) is 0 Å². The molecule has 1 saturated heterocycles. The molecule has 3 heterocycles. The number of aromatic nitrogens is 2. The van der Waals surface area contributed by atoms with Crippen molar-refractivity contribution in [3.63, 3.8) is 0 Å². The van der Waals surface area contributed by atoms with E-state index < -0.39 is 0 Å². The summed E-state index contributed by atoms with van der Waals surface area (Å²) in [7, 11) is 0. The summed E-state index contributed by atoms with van der Waals surface area (Å²) in [5.41, 5.74) is 0. The summed E-state index contributed by atoms with van der Waals surface area (Å²) in [5.74, 6) is 3.17. The molecule has 6 heteroatoms. The smallest absolute Gasteiger partial charge is 0.230 e. The maximum atomic E-state index is 5.86. The zero-order valence-corrected chi connectivity index (χ0v) is 11.8. The third-order valence-electron chi connectivity index (χ3n) is 3.50. The van der Waals surface area contributed by atoms with E-state index in [1.54, 1.807) is 6.92 Å². The Morgan fingerprint density at radius 3 is 2.90 bits per heavy atom. The Kier molecular flexibility index (Phi) is 3.84. The maximum absolute atomic E-state index is 5.86. The normalized spacial score (nSPS) is 20.4. The first kappa shape index (κ1) is 13.3. The van der Waals surface area contributed by atoms with Crippen LogP contribution in [-0.2, 0) is 17.7 Å². The van der Waals surface area contributed by atoms with Gasteiger partial charge in [-0.3, -0.25) is 4.90 Å². The summed E-state index contributed by atoms with van der Waals surface area (Å²) < 4.78 is 16.9. The number of nitrogens with zero attached hydrogens (tertiary/aromatic N) is 3. The number of rotatable bonds is 4. The molecule has 0 radical (unpaired) electrons. The summed E-state index contributed by atoms with van der Waals surface area (Å²) in [4.78, 5) is 2.26. The van der Waals surface area contributed by atoms with Crippen molar-refractivity contribution < 1.29 is 13.6 Å². The van der Waals surface area contributed by atoms with Crippen LogP contribution in [0, 0.1) is 6.92 Å². The van der Waals surface area contributed by atoms with Gasteiger partial charge in [0.2, 0.25) is 11.8 Å². The SMILES string of the molecule is CCc1ccc(C2COCCN2Cc2nnc(C)o2)o1. The molecule has 0 aromatic carbocycles. The van der Waals surface area contributed by atoms with Crippen LogP contribution in [0.15, 0.2) is 21.0 Å². The maximum Gasteiger partial charge on any atom is 0.230 e. The number of hydrogen-bond donors (Lipinski definition) is 0. The largest absolute Gasteiger partial charge is 0.464 e. The molecule has 1 unspecified atom stereocenters. The molecular formula is C14H19N3O3. The Morgan fingerprint density at radius 1 is 1.30 bits per heavy atom. The van der Waals surface area contributed by atoms with Gasteiger partial charge in [0.1, 0.15) is 11.5 Å². The Morgan fingerprint density at radius 2 is 2.20 bits per heavy atom. The highest BCUT2D eigenvalue weighted by molar-refractivity contribution is 5.12. The molecule has 1 aliphatic heterocycles. The van der Waals surface area contributed by atoms with Crippen molar-refractivity contribution in [2.45, 2.75) is 32.9 Å². The minimum absolute atomic E-state index is 0.108. The molecule has 1 atom stereocenters. The van der Waals surface area contributed by atoms with E-state index in [2.05, 4.69) is 22.0 Å². The number of aryl methyl sites for hydroxylation is 2. The van der Waals surface area contributed by atoms with Crippen LogP contribution in [-0.4, -0.2) is 34.9 Å². The van der Waals surface area contributed by atoms with Crippen LogP contribution in [0.2, 0.25) is 0 Å². The van der Waals surface area contributed by atoms with E-state index >= 15 is 0 Å². The topological polar surface area (TPSA) is 64.5 Å². The minimum atomic E-state index is 0.108. The molecular weight excluding hydrogens is 258 g/mol. The second kappa shape index (κ2) is 5.76. The second-order valence-electron chi connectivity index (χ2n) is 4.93. The van der Waals surface area contributed by atoms with E-state index in [9.17, 15) is 0 Å². The molecule has 2 aromatic heterocycles. The molecule has 1 aliphatic rings. The first-order valence-corrected chi connectivity index (χ1v) is 6.95. The van der Waals surface area contributed by atoms with Crippen LogP contribution in [0.1, 0.15) is 36.3 Å². The predicted octanol–water partition coefficient (Wildman–Crippen LogP) is 2.11. The standard InChI is InChI=1S/C14H19N3O3/c1-3-11-4-5-13(20-11)12-9-18-7-6-17(12)8-14-16-15-10(2)19-14/h4-5,12H,3,6-9H2,1-2H3. The van der Waals surface area contributed by atoms with E-state index in [1.165, 1.54) is 0 Å². The van der Waals surface area contributed by atoms with E-state index in [0.29, 0.717) is 31.5 Å². The Balaban J connectivity index is 1.76. The second-order valence-corrected chi connectivity index (χ2v) is 4.93. The van der Waals surface area contributed by atoms with Gasteiger partial charge in [-0.15, -0.1) is 10.2 Å². The highest BCUT2D eigenvalue weighted by Crippen LogP contribution is 2.27. The average Bonchev–Trinajstić information content (AvgIpc) is 3.08. The van der Waals surface area contributed by atoms with Crippen molar-refractivity contribution in [1.82, 2.24) is 15.1 Å². The molecule has 0 bridgehead atoms. The molecule has 3 rings (SSSR count). The minimum Gasteiger partial charge on any atom is -0.464 e. The molecule has 6 nitrogen and oxygen atoms in total. The molecule has 108 valence electrons. The van der Waals surface area contributed by atoms with Gasteiger partial charge in [0.15, 0.2) is 0 Å². The van der Waals surface area contributed by atoms with Crippen LogP contribution in [0.3, 0.4) is 0 Å². The van der Waals surface area contributed by atoms with Crippen molar-refractivity contribution in [1.29, 1.82) is 0 Å². The van der Waals surface area contributed by atoms with Crippen molar-refractivity contribution >= 4 is 0 Å². The third kappa shape index (κ3) is 2.76. The molecule has 0 N–H and O–H groups in total. The fourth-order valence-corrected chi connectivity index (χ4v) is 2.43. The van der Waals surface area contributed by atoms with Gasteiger partial charge in [-0.05, 0) is 12.1 Å². The molecule has 0 saturated carbocycles. The van der Waals surface area contributed by atoms with Gasteiger partial charge < -0.3 is 13.6 Å². The van der Waals surface area contributed by atoms with Gasteiger partial charge in [-0.2, -0.15) is 0 Å². The number of furan rings is 1. The summed E-state index contributed by atoms with van der Waals surface area (Å²) in [6, 6.07) is 4.17. The zero-order chi connectivity index (χ0) is 13.9. The lowest BCUT2D eigenvalue weighted by Crippen LogP contribution is -2.38. The van der Waals surface area contributed by atoms with Gasteiger partial charge in [-0.25, -0.2) is 0 Å². The van der Waals surface area contributed by atoms with Gasteiger partial charge in [0.25, 0.3) is 0 Å². The summed E-state index contributed by atoms with van der Waals surface area (Å²) in [6.45, 7) is 6.67. The van der Waals surface area contributed by atoms with Crippen LogP contribution in [0.5, 0.6) is 0 Å². The predicted molar refractivity (Wildman–Crippen MR) is 71.1 cm³/mol. The average molecular weight is 277 g/mol. The first-order valence-electron chi connectivity index (χ1n) is 6.95. The van der Waals surface area contributed by atoms with Crippen molar-refractivity contribution in [3.8, 4) is 0 Å². The molecule has 20 heavy (non-hydrogen) atoms. The lowest BCUT2D eigenvalue weighted by atomic mass is 10.2. The van der Waals surface area contributed by atoms with Crippen LogP contribution in [0.4, 0.5) is 0 Å². The number of morpholine rings is 1. The van der Waals surface area contributed by atoms with Crippen LogP contribution < -0.4 is 0 Å². The van der Waals surface area contributed by atoms with E-state index in [-0.39, 0.29) is 6.04 Å². The Hall–Kier alpha value is -1.66. The van der Waals surface area contributed by atoms with Gasteiger partial charge in [0, 0.05) is 19.9 Å². The summed E-state index contributed by atoms with van der Waals surface area (Å²) in [6.07, 6.45) is 0.899. The van der Waals surface area contributed by atoms with Crippen molar-refractivity contribution in [2.24, 2.45) is 0 Å². The van der Waals surface area contributed by atoms with E-state index in [1.807, 2.05) is 12.1 Å². The van der Waals surface area contributed by atoms with E-state index in [4.69, 9.17) is 13.6 Å². The van der Waals surface area contributed by atoms with Gasteiger partial charge in [-0.1, -0.05) is 6.92 Å².